The van der Waals surface area contributed by atoms with Crippen molar-refractivity contribution in [3.05, 3.63) is 24.3 Å². The quantitative estimate of drug-likeness (QED) is 0.774. The number of amides is 1. The summed E-state index contributed by atoms with van der Waals surface area (Å²) in [5.41, 5.74) is 0.568. The molecule has 1 aromatic rings. The Morgan fingerprint density at radius 3 is 2.27 bits per heavy atom. The Hall–Kier alpha value is -1.73. The van der Waals surface area contributed by atoms with Crippen molar-refractivity contribution in [3.8, 4) is 5.75 Å². The third kappa shape index (κ3) is 4.92. The van der Waals surface area contributed by atoms with E-state index in [2.05, 4.69) is 13.8 Å². The molecule has 26 heavy (non-hydrogen) atoms. The van der Waals surface area contributed by atoms with Crippen molar-refractivity contribution in [1.82, 2.24) is 4.90 Å². The molecule has 0 aromatic heterocycles. The van der Waals surface area contributed by atoms with E-state index in [1.165, 1.54) is 0 Å². The van der Waals surface area contributed by atoms with Gasteiger partial charge >= 0.3 is 13.2 Å². The molecule has 2 heterocycles. The van der Waals surface area contributed by atoms with Gasteiger partial charge in [0.25, 0.3) is 0 Å². The average Bonchev–Trinajstić information content (AvgIpc) is 2.49. The summed E-state index contributed by atoms with van der Waals surface area (Å²) in [5.74, 6) is 0.777. The summed E-state index contributed by atoms with van der Waals surface area (Å²) in [6.07, 6.45) is -0.293. The predicted molar refractivity (Wildman–Crippen MR) is 99.7 cm³/mol. The van der Waals surface area contributed by atoms with E-state index in [1.807, 2.05) is 45.0 Å². The lowest BCUT2D eigenvalue weighted by Crippen LogP contribution is -2.57. The number of likely N-dealkylation sites (tertiary alicyclic amines) is 1. The number of benzene rings is 1. The number of ether oxygens (including phenoxy) is 2. The minimum atomic E-state index is -0.475. The van der Waals surface area contributed by atoms with Gasteiger partial charge in [-0.25, -0.2) is 4.79 Å². The predicted octanol–water partition coefficient (Wildman–Crippen LogP) is 2.45. The molecule has 0 N–H and O–H groups in total. The van der Waals surface area contributed by atoms with Gasteiger partial charge in [-0.3, -0.25) is 0 Å². The lowest BCUT2D eigenvalue weighted by atomic mass is 9.76. The van der Waals surface area contributed by atoms with Crippen LogP contribution in [0.1, 0.15) is 34.6 Å². The number of carbonyl (C=O) groups excluding carboxylic acids is 1. The Kier molecular flexibility index (Phi) is 5.22. The Morgan fingerprint density at radius 2 is 1.73 bits per heavy atom. The maximum atomic E-state index is 11.9. The van der Waals surface area contributed by atoms with Crippen LogP contribution in [-0.4, -0.2) is 56.1 Å². The van der Waals surface area contributed by atoms with Gasteiger partial charge in [0.2, 0.25) is 0 Å². The van der Waals surface area contributed by atoms with E-state index in [0.717, 1.165) is 11.2 Å². The highest BCUT2D eigenvalue weighted by Crippen LogP contribution is 2.23. The number of hydrogen-bond donors (Lipinski definition) is 0. The molecule has 0 saturated carbocycles. The normalized spacial score (nSPS) is 20.5. The van der Waals surface area contributed by atoms with Gasteiger partial charge in [-0.05, 0) is 38.4 Å². The summed E-state index contributed by atoms with van der Waals surface area (Å²) in [5, 5.41) is 0. The van der Waals surface area contributed by atoms with Crippen molar-refractivity contribution >= 4 is 18.7 Å². The van der Waals surface area contributed by atoms with E-state index >= 15 is 0 Å². The fraction of sp³-hybridized carbons (Fsp3) is 0.632. The second kappa shape index (κ2) is 7.12. The van der Waals surface area contributed by atoms with E-state index in [4.69, 9.17) is 18.8 Å². The molecule has 2 saturated heterocycles. The SMILES string of the molecule is CC1(C)COB(c2ccc(OC3CN(C(=O)OC(C)(C)C)C3)cc2)OC1. The highest BCUT2D eigenvalue weighted by Gasteiger charge is 2.36. The summed E-state index contributed by atoms with van der Waals surface area (Å²) < 4.78 is 22.8. The molecule has 2 fully saturated rings. The molecule has 0 bridgehead atoms. The van der Waals surface area contributed by atoms with Crippen LogP contribution in [0.25, 0.3) is 0 Å². The molecule has 7 heteroatoms. The van der Waals surface area contributed by atoms with Crippen molar-refractivity contribution in [1.29, 1.82) is 0 Å². The summed E-state index contributed by atoms with van der Waals surface area (Å²) in [6.45, 7) is 12.3. The summed E-state index contributed by atoms with van der Waals surface area (Å²) >= 11 is 0. The second-order valence-corrected chi connectivity index (χ2v) is 8.81. The molecule has 6 nitrogen and oxygen atoms in total. The molecular formula is C19H28BNO5. The molecule has 2 aliphatic heterocycles. The van der Waals surface area contributed by atoms with Crippen molar-refractivity contribution in [3.63, 3.8) is 0 Å². The van der Waals surface area contributed by atoms with Gasteiger partial charge in [-0.15, -0.1) is 0 Å². The highest BCUT2D eigenvalue weighted by molar-refractivity contribution is 6.61. The number of hydrogen-bond acceptors (Lipinski definition) is 5. The molecule has 0 radical (unpaired) electrons. The van der Waals surface area contributed by atoms with Crippen molar-refractivity contribution in [2.75, 3.05) is 26.3 Å². The third-order valence-electron chi connectivity index (χ3n) is 4.21. The van der Waals surface area contributed by atoms with Gasteiger partial charge in [0, 0.05) is 18.6 Å². The average molecular weight is 361 g/mol. The largest absolute Gasteiger partial charge is 0.493 e. The molecule has 0 unspecified atom stereocenters. The minimum absolute atomic E-state index is 0.00338. The number of rotatable bonds is 3. The maximum absolute atomic E-state index is 11.9. The Balaban J connectivity index is 1.45. The zero-order valence-electron chi connectivity index (χ0n) is 16.3. The fourth-order valence-electron chi connectivity index (χ4n) is 2.77. The maximum Gasteiger partial charge on any atom is 0.493 e. The van der Waals surface area contributed by atoms with Crippen LogP contribution in [0.5, 0.6) is 5.75 Å². The monoisotopic (exact) mass is 361 g/mol. The molecule has 1 aromatic carbocycles. The fourth-order valence-corrected chi connectivity index (χ4v) is 2.77. The van der Waals surface area contributed by atoms with E-state index in [1.54, 1.807) is 4.90 Å². The summed E-state index contributed by atoms with van der Waals surface area (Å²) in [7, 11) is -0.316. The van der Waals surface area contributed by atoms with Gasteiger partial charge in [0.1, 0.15) is 17.5 Å². The van der Waals surface area contributed by atoms with Crippen LogP contribution in [0.3, 0.4) is 0 Å². The van der Waals surface area contributed by atoms with Gasteiger partial charge in [-0.2, -0.15) is 0 Å². The Morgan fingerprint density at radius 1 is 1.15 bits per heavy atom. The lowest BCUT2D eigenvalue weighted by Gasteiger charge is -2.39. The molecule has 0 aliphatic carbocycles. The highest BCUT2D eigenvalue weighted by atomic mass is 16.6. The second-order valence-electron chi connectivity index (χ2n) is 8.81. The lowest BCUT2D eigenvalue weighted by molar-refractivity contribution is -0.0221. The van der Waals surface area contributed by atoms with Gasteiger partial charge < -0.3 is 23.7 Å². The van der Waals surface area contributed by atoms with Gasteiger partial charge in [0.05, 0.1) is 13.1 Å². The number of carbonyl (C=O) groups is 1. The zero-order valence-corrected chi connectivity index (χ0v) is 16.3. The molecule has 142 valence electrons. The molecule has 1 amide bonds. The zero-order chi connectivity index (χ0) is 18.9. The molecule has 0 spiro atoms. The van der Waals surface area contributed by atoms with E-state index in [0.29, 0.717) is 26.3 Å². The van der Waals surface area contributed by atoms with Crippen LogP contribution in [0, 0.1) is 5.41 Å². The Labute approximate surface area is 155 Å². The standard InChI is InChI=1S/C19H28BNO5/c1-18(2,3)26-17(22)21-10-16(11-21)25-15-8-6-14(7-9-15)20-23-12-19(4,5)13-24-20/h6-9,16H,10-13H2,1-5H3. The van der Waals surface area contributed by atoms with Gasteiger partial charge in [-0.1, -0.05) is 26.0 Å². The summed E-state index contributed by atoms with van der Waals surface area (Å²) in [6, 6.07) is 7.75. The van der Waals surface area contributed by atoms with Crippen molar-refractivity contribution < 1.29 is 23.6 Å². The van der Waals surface area contributed by atoms with E-state index in [9.17, 15) is 4.79 Å². The van der Waals surface area contributed by atoms with Crippen LogP contribution in [-0.2, 0) is 14.0 Å². The first-order chi connectivity index (χ1) is 12.1. The first-order valence-corrected chi connectivity index (χ1v) is 9.09. The van der Waals surface area contributed by atoms with Crippen LogP contribution >= 0.6 is 0 Å². The number of nitrogens with zero attached hydrogens (tertiary/aromatic N) is 1. The first-order valence-electron chi connectivity index (χ1n) is 9.09. The van der Waals surface area contributed by atoms with Crippen LogP contribution in [0.2, 0.25) is 0 Å². The third-order valence-corrected chi connectivity index (χ3v) is 4.21. The molecule has 2 aliphatic rings. The van der Waals surface area contributed by atoms with Crippen LogP contribution in [0.15, 0.2) is 24.3 Å². The molecule has 0 atom stereocenters. The van der Waals surface area contributed by atoms with Crippen LogP contribution in [0.4, 0.5) is 4.79 Å². The van der Waals surface area contributed by atoms with E-state index < -0.39 is 5.60 Å². The topological polar surface area (TPSA) is 57.2 Å². The smallest absolute Gasteiger partial charge is 0.487 e. The first kappa shape index (κ1) is 19.0. The summed E-state index contributed by atoms with van der Waals surface area (Å²) in [4.78, 5) is 13.6. The Bertz CT molecular complexity index is 624. The van der Waals surface area contributed by atoms with Crippen molar-refractivity contribution in [2.45, 2.75) is 46.3 Å². The molecule has 3 rings (SSSR count). The van der Waals surface area contributed by atoms with E-state index in [-0.39, 0.29) is 24.7 Å². The van der Waals surface area contributed by atoms with Crippen LogP contribution < -0.4 is 10.2 Å². The van der Waals surface area contributed by atoms with Crippen molar-refractivity contribution in [2.24, 2.45) is 5.41 Å². The molecular weight excluding hydrogens is 333 g/mol. The van der Waals surface area contributed by atoms with Gasteiger partial charge in [0.15, 0.2) is 0 Å². The minimum Gasteiger partial charge on any atom is -0.487 e.